The van der Waals surface area contributed by atoms with E-state index in [0.717, 1.165) is 12.8 Å². The quantitative estimate of drug-likeness (QED) is 0.507. The SMILES string of the molecule is O=C(Nc1ccc(F)cc1)NC1C(=O)N(CC(=O)N2CCCC2)c2ccccc2N(c2ccccc2)C1=O. The fourth-order valence-corrected chi connectivity index (χ4v) is 4.67. The Bertz CT molecular complexity index is 1360. The van der Waals surface area contributed by atoms with Crippen molar-refractivity contribution in [3.05, 3.63) is 84.7 Å². The molecule has 9 nitrogen and oxygen atoms in total. The number of hydrogen-bond acceptors (Lipinski definition) is 4. The predicted octanol–water partition coefficient (Wildman–Crippen LogP) is 3.65. The molecule has 1 unspecified atom stereocenters. The molecule has 2 aliphatic rings. The minimum atomic E-state index is -1.63. The molecule has 2 aliphatic heterocycles. The summed E-state index contributed by atoms with van der Waals surface area (Å²) in [5.41, 5.74) is 1.57. The van der Waals surface area contributed by atoms with Crippen molar-refractivity contribution in [1.29, 1.82) is 0 Å². The average molecular weight is 516 g/mol. The number of benzene rings is 3. The van der Waals surface area contributed by atoms with Crippen molar-refractivity contribution >= 4 is 46.5 Å². The lowest BCUT2D eigenvalue weighted by atomic mass is 10.2. The van der Waals surface area contributed by atoms with Crippen LogP contribution < -0.4 is 20.4 Å². The Morgan fingerprint density at radius 3 is 2.13 bits per heavy atom. The molecule has 194 valence electrons. The second kappa shape index (κ2) is 10.7. The normalized spacial score (nSPS) is 17.2. The van der Waals surface area contributed by atoms with Gasteiger partial charge < -0.3 is 15.5 Å². The molecule has 5 amide bonds. The summed E-state index contributed by atoms with van der Waals surface area (Å²) >= 11 is 0. The fourth-order valence-electron chi connectivity index (χ4n) is 4.67. The highest BCUT2D eigenvalue weighted by molar-refractivity contribution is 6.24. The molecule has 0 aliphatic carbocycles. The van der Waals surface area contributed by atoms with Gasteiger partial charge in [-0.2, -0.15) is 0 Å². The Balaban J connectivity index is 1.52. The molecule has 1 fully saturated rings. The summed E-state index contributed by atoms with van der Waals surface area (Å²) in [5, 5.41) is 5.00. The lowest BCUT2D eigenvalue weighted by Crippen LogP contribution is -2.56. The number of amides is 5. The monoisotopic (exact) mass is 515 g/mol. The van der Waals surface area contributed by atoms with Crippen molar-refractivity contribution in [2.45, 2.75) is 18.9 Å². The van der Waals surface area contributed by atoms with Gasteiger partial charge in [0.15, 0.2) is 6.04 Å². The molecule has 0 aromatic heterocycles. The van der Waals surface area contributed by atoms with Crippen LogP contribution in [0.2, 0.25) is 0 Å². The molecule has 2 N–H and O–H groups in total. The van der Waals surface area contributed by atoms with Crippen molar-refractivity contribution in [1.82, 2.24) is 10.2 Å². The van der Waals surface area contributed by atoms with Gasteiger partial charge in [0.1, 0.15) is 12.4 Å². The molecular formula is C28H26FN5O4. The maximum absolute atomic E-state index is 13.9. The Morgan fingerprint density at radius 2 is 1.45 bits per heavy atom. The van der Waals surface area contributed by atoms with Crippen molar-refractivity contribution in [2.24, 2.45) is 0 Å². The third-order valence-electron chi connectivity index (χ3n) is 6.54. The highest BCUT2D eigenvalue weighted by atomic mass is 19.1. The number of carbonyl (C=O) groups excluding carboxylic acids is 4. The standard InChI is InChI=1S/C28H26FN5O4/c29-19-12-14-20(15-13-19)30-28(38)31-25-26(36)33(18-24(35)32-16-6-7-17-32)22-10-4-5-11-23(22)34(27(25)37)21-8-2-1-3-9-21/h1-5,8-15,25H,6-7,16-18H2,(H2,30,31,38). The number of hydrogen-bond donors (Lipinski definition) is 2. The molecule has 2 heterocycles. The first kappa shape index (κ1) is 24.9. The van der Waals surface area contributed by atoms with Crippen molar-refractivity contribution in [3.8, 4) is 0 Å². The van der Waals surface area contributed by atoms with Crippen LogP contribution in [-0.4, -0.2) is 54.3 Å². The number of anilines is 4. The van der Waals surface area contributed by atoms with E-state index in [-0.39, 0.29) is 18.1 Å². The van der Waals surface area contributed by atoms with E-state index < -0.39 is 29.7 Å². The number of likely N-dealkylation sites (tertiary alicyclic amines) is 1. The zero-order valence-corrected chi connectivity index (χ0v) is 20.5. The molecule has 0 radical (unpaired) electrons. The Hall–Kier alpha value is -4.73. The van der Waals surface area contributed by atoms with E-state index in [9.17, 15) is 23.6 Å². The molecule has 3 aromatic carbocycles. The van der Waals surface area contributed by atoms with E-state index in [1.165, 1.54) is 34.1 Å². The predicted molar refractivity (Wildman–Crippen MR) is 141 cm³/mol. The number of carbonyl (C=O) groups is 4. The molecule has 5 rings (SSSR count). The largest absolute Gasteiger partial charge is 0.341 e. The van der Waals surface area contributed by atoms with Crippen molar-refractivity contribution in [2.75, 3.05) is 34.8 Å². The summed E-state index contributed by atoms with van der Waals surface area (Å²) in [4.78, 5) is 58.2. The van der Waals surface area contributed by atoms with Gasteiger partial charge in [0, 0.05) is 24.5 Å². The van der Waals surface area contributed by atoms with Crippen LogP contribution in [0.5, 0.6) is 0 Å². The molecule has 1 saturated heterocycles. The molecule has 1 atom stereocenters. The molecule has 3 aromatic rings. The van der Waals surface area contributed by atoms with Gasteiger partial charge in [-0.25, -0.2) is 9.18 Å². The second-order valence-electron chi connectivity index (χ2n) is 9.05. The van der Waals surface area contributed by atoms with E-state index in [1.807, 2.05) is 0 Å². The van der Waals surface area contributed by atoms with Gasteiger partial charge in [-0.15, -0.1) is 0 Å². The van der Waals surface area contributed by atoms with Crippen LogP contribution in [0.15, 0.2) is 78.9 Å². The van der Waals surface area contributed by atoms with Gasteiger partial charge in [-0.3, -0.25) is 24.2 Å². The van der Waals surface area contributed by atoms with E-state index in [0.29, 0.717) is 30.2 Å². The van der Waals surface area contributed by atoms with Crippen molar-refractivity contribution < 1.29 is 23.6 Å². The number of rotatable bonds is 5. The summed E-state index contributed by atoms with van der Waals surface area (Å²) in [6.45, 7) is 0.947. The topological polar surface area (TPSA) is 102 Å². The van der Waals surface area contributed by atoms with Gasteiger partial charge >= 0.3 is 6.03 Å². The van der Waals surface area contributed by atoms with Crippen LogP contribution in [0.1, 0.15) is 12.8 Å². The number of para-hydroxylation sites is 3. The second-order valence-corrected chi connectivity index (χ2v) is 9.05. The number of fused-ring (bicyclic) bond motifs is 1. The number of urea groups is 1. The zero-order valence-electron chi connectivity index (χ0n) is 20.5. The molecule has 0 saturated carbocycles. The Labute approximate surface area is 218 Å². The van der Waals surface area contributed by atoms with Crippen LogP contribution in [-0.2, 0) is 14.4 Å². The van der Waals surface area contributed by atoms with Crippen molar-refractivity contribution in [3.63, 3.8) is 0 Å². The summed E-state index contributed by atoms with van der Waals surface area (Å²) in [5.74, 6) is -2.12. The molecule has 0 spiro atoms. The smallest absolute Gasteiger partial charge is 0.320 e. The third kappa shape index (κ3) is 5.06. The third-order valence-corrected chi connectivity index (χ3v) is 6.54. The van der Waals surface area contributed by atoms with Gasteiger partial charge in [-0.05, 0) is 61.4 Å². The van der Waals surface area contributed by atoms with Crippen LogP contribution in [0, 0.1) is 5.82 Å². The minimum absolute atomic E-state index is 0.235. The first-order chi connectivity index (χ1) is 18.4. The zero-order chi connectivity index (χ0) is 26.6. The summed E-state index contributed by atoms with van der Waals surface area (Å²) in [7, 11) is 0. The fraction of sp³-hybridized carbons (Fsp3) is 0.214. The number of nitrogens with zero attached hydrogens (tertiary/aromatic N) is 3. The molecule has 38 heavy (non-hydrogen) atoms. The lowest BCUT2D eigenvalue weighted by Gasteiger charge is -2.26. The van der Waals surface area contributed by atoms with E-state index in [2.05, 4.69) is 10.6 Å². The van der Waals surface area contributed by atoms with Crippen LogP contribution in [0.4, 0.5) is 31.9 Å². The summed E-state index contributed by atoms with van der Waals surface area (Å²) < 4.78 is 13.3. The summed E-state index contributed by atoms with van der Waals surface area (Å²) in [6, 6.07) is 18.2. The van der Waals surface area contributed by atoms with E-state index >= 15 is 0 Å². The van der Waals surface area contributed by atoms with Crippen LogP contribution >= 0.6 is 0 Å². The van der Waals surface area contributed by atoms with E-state index in [4.69, 9.17) is 0 Å². The first-order valence-corrected chi connectivity index (χ1v) is 12.3. The first-order valence-electron chi connectivity index (χ1n) is 12.3. The molecule has 0 bridgehead atoms. The Morgan fingerprint density at radius 1 is 0.816 bits per heavy atom. The minimum Gasteiger partial charge on any atom is -0.341 e. The van der Waals surface area contributed by atoms with Gasteiger partial charge in [-0.1, -0.05) is 30.3 Å². The van der Waals surface area contributed by atoms with Crippen LogP contribution in [0.3, 0.4) is 0 Å². The van der Waals surface area contributed by atoms with Crippen LogP contribution in [0.25, 0.3) is 0 Å². The highest BCUT2D eigenvalue weighted by Gasteiger charge is 2.42. The highest BCUT2D eigenvalue weighted by Crippen LogP contribution is 2.38. The Kier molecular flexibility index (Phi) is 7.03. The summed E-state index contributed by atoms with van der Waals surface area (Å²) in [6.07, 6.45) is 1.79. The molecular weight excluding hydrogens is 489 g/mol. The number of halogens is 1. The van der Waals surface area contributed by atoms with Gasteiger partial charge in [0.2, 0.25) is 5.91 Å². The molecule has 10 heteroatoms. The maximum Gasteiger partial charge on any atom is 0.320 e. The van der Waals surface area contributed by atoms with Gasteiger partial charge in [0.25, 0.3) is 11.8 Å². The number of nitrogens with one attached hydrogen (secondary N) is 2. The average Bonchev–Trinajstić information content (AvgIpc) is 3.45. The van der Waals surface area contributed by atoms with Gasteiger partial charge in [0.05, 0.1) is 11.4 Å². The van der Waals surface area contributed by atoms with E-state index in [1.54, 1.807) is 59.5 Å². The lowest BCUT2D eigenvalue weighted by molar-refractivity contribution is -0.132. The maximum atomic E-state index is 13.9.